The van der Waals surface area contributed by atoms with Gasteiger partial charge in [0.1, 0.15) is 0 Å². The van der Waals surface area contributed by atoms with Gasteiger partial charge in [0.2, 0.25) is 0 Å². The number of allylic oxidation sites excluding steroid dienone is 1. The van der Waals surface area contributed by atoms with Gasteiger partial charge in [-0.15, -0.1) is 0 Å². The van der Waals surface area contributed by atoms with E-state index in [1.807, 2.05) is 6.92 Å². The first-order valence-corrected chi connectivity index (χ1v) is 16.0. The summed E-state index contributed by atoms with van der Waals surface area (Å²) in [5.74, 6) is -0.809. The number of aryl methyl sites for hydroxylation is 1. The summed E-state index contributed by atoms with van der Waals surface area (Å²) in [5.41, 5.74) is -10.9. The van der Waals surface area contributed by atoms with Crippen LogP contribution in [0, 0.1) is 10.5 Å². The van der Waals surface area contributed by atoms with Crippen molar-refractivity contribution in [3.63, 3.8) is 0 Å². The normalized spacial score (nSPS) is 14.2. The van der Waals surface area contributed by atoms with Crippen LogP contribution in [0.4, 0.5) is 26.3 Å². The number of hydrogen-bond acceptors (Lipinski definition) is 6. The fraction of sp³-hybridized carbons (Fsp3) is 0.579. The fourth-order valence-electron chi connectivity index (χ4n) is 2.39. The average Bonchev–Trinajstić information content (AvgIpc) is 2.68. The second-order valence-corrected chi connectivity index (χ2v) is 14.7. The van der Waals surface area contributed by atoms with Gasteiger partial charge in [-0.05, 0) is 0 Å². The standard InChI is InChI=1S/C19H25F6IO6S2/c1-3-4-5-6-7-8-9-17(31-33(27,28)18(20,21)22)14-26(16-12-10-15(2)11-13-16)32-34(29,30)19(23,24)25/h10-14H,3-9H2,1-2H3/b17-14+. The predicted molar refractivity (Wildman–Crippen MR) is 122 cm³/mol. The molecule has 0 saturated heterocycles. The van der Waals surface area contributed by atoms with Crippen LogP contribution in [0.15, 0.2) is 34.1 Å². The van der Waals surface area contributed by atoms with Gasteiger partial charge >= 0.3 is 203 Å². The molecule has 34 heavy (non-hydrogen) atoms. The number of unbranched alkanes of at least 4 members (excludes halogenated alkanes) is 5. The van der Waals surface area contributed by atoms with Crippen molar-refractivity contribution in [1.29, 1.82) is 0 Å². The van der Waals surface area contributed by atoms with E-state index in [1.54, 1.807) is 6.92 Å². The van der Waals surface area contributed by atoms with Crippen LogP contribution in [0.3, 0.4) is 0 Å². The zero-order valence-corrected chi connectivity index (χ0v) is 22.0. The number of hydrogen-bond donors (Lipinski definition) is 0. The van der Waals surface area contributed by atoms with Crippen molar-refractivity contribution in [3.8, 4) is 0 Å². The third-order valence-corrected chi connectivity index (χ3v) is 11.8. The van der Waals surface area contributed by atoms with E-state index in [2.05, 4.69) is 6.70 Å². The molecule has 0 amide bonds. The molecule has 0 aliphatic carbocycles. The predicted octanol–water partition coefficient (Wildman–Crippen LogP) is 6.91. The molecule has 1 rings (SSSR count). The maximum atomic E-state index is 12.9. The van der Waals surface area contributed by atoms with Gasteiger partial charge in [0, 0.05) is 0 Å². The molecule has 0 unspecified atom stereocenters. The Hall–Kier alpha value is -1.07. The van der Waals surface area contributed by atoms with Crippen LogP contribution >= 0.6 is 20.2 Å². The van der Waals surface area contributed by atoms with Gasteiger partial charge in [-0.3, -0.25) is 0 Å². The van der Waals surface area contributed by atoms with Crippen molar-refractivity contribution < 1.29 is 49.9 Å². The minimum absolute atomic E-state index is 0.0175. The van der Waals surface area contributed by atoms with Crippen LogP contribution in [0.1, 0.15) is 57.4 Å². The molecule has 6 nitrogen and oxygen atoms in total. The van der Waals surface area contributed by atoms with Gasteiger partial charge < -0.3 is 0 Å². The van der Waals surface area contributed by atoms with Crippen molar-refractivity contribution in [2.24, 2.45) is 0 Å². The molecule has 0 fully saturated rings. The summed E-state index contributed by atoms with van der Waals surface area (Å²) >= 11 is -4.06. The molecular weight excluding hydrogens is 629 g/mol. The number of halogens is 7. The Bertz CT molecular complexity index is 1020. The van der Waals surface area contributed by atoms with Crippen LogP contribution in [-0.4, -0.2) is 27.9 Å². The Balaban J connectivity index is 3.36. The summed E-state index contributed by atoms with van der Waals surface area (Å²) in [4.78, 5) is 0. The van der Waals surface area contributed by atoms with Crippen molar-refractivity contribution in [3.05, 3.63) is 43.2 Å². The molecule has 0 radical (unpaired) electrons. The van der Waals surface area contributed by atoms with E-state index < -0.39 is 57.2 Å². The van der Waals surface area contributed by atoms with Gasteiger partial charge in [-0.2, -0.15) is 0 Å². The summed E-state index contributed by atoms with van der Waals surface area (Å²) in [5, 5.41) is 0. The van der Waals surface area contributed by atoms with E-state index in [0.717, 1.165) is 19.3 Å². The molecule has 15 heteroatoms. The molecule has 0 aliphatic heterocycles. The summed E-state index contributed by atoms with van der Waals surface area (Å²) in [6.07, 6.45) is 3.71. The molecule has 0 saturated carbocycles. The molecule has 0 atom stereocenters. The van der Waals surface area contributed by atoms with Gasteiger partial charge in [0.15, 0.2) is 0 Å². The molecule has 0 bridgehead atoms. The van der Waals surface area contributed by atoms with Crippen LogP contribution in [0.5, 0.6) is 0 Å². The van der Waals surface area contributed by atoms with Crippen molar-refractivity contribution in [2.45, 2.75) is 69.8 Å². The number of alkyl halides is 6. The summed E-state index contributed by atoms with van der Waals surface area (Å²) in [6.45, 7) is 3.62. The fourth-order valence-corrected chi connectivity index (χ4v) is 9.01. The average molecular weight is 654 g/mol. The van der Waals surface area contributed by atoms with Crippen LogP contribution in [0.2, 0.25) is 0 Å². The Morgan fingerprint density at radius 1 is 0.853 bits per heavy atom. The monoisotopic (exact) mass is 654 g/mol. The van der Waals surface area contributed by atoms with Crippen LogP contribution < -0.4 is 0 Å². The number of rotatable bonds is 13. The van der Waals surface area contributed by atoms with E-state index in [1.165, 1.54) is 24.3 Å². The second-order valence-electron chi connectivity index (χ2n) is 7.11. The zero-order valence-electron chi connectivity index (χ0n) is 18.2. The number of benzene rings is 1. The van der Waals surface area contributed by atoms with Crippen molar-refractivity contribution in [2.75, 3.05) is 0 Å². The van der Waals surface area contributed by atoms with E-state index in [-0.39, 0.29) is 16.4 Å². The van der Waals surface area contributed by atoms with E-state index >= 15 is 0 Å². The first kappa shape index (κ1) is 31.0. The zero-order chi connectivity index (χ0) is 26.2. The molecule has 0 N–H and O–H groups in total. The van der Waals surface area contributed by atoms with Gasteiger partial charge in [-0.1, -0.05) is 0 Å². The topological polar surface area (TPSA) is 86.7 Å². The Morgan fingerprint density at radius 3 is 1.85 bits per heavy atom. The van der Waals surface area contributed by atoms with Gasteiger partial charge in [-0.25, -0.2) is 0 Å². The van der Waals surface area contributed by atoms with E-state index in [9.17, 15) is 43.2 Å². The first-order chi connectivity index (χ1) is 15.5. The molecule has 0 aromatic heterocycles. The summed E-state index contributed by atoms with van der Waals surface area (Å²) < 4.78 is 133. The second kappa shape index (κ2) is 12.8. The third-order valence-electron chi connectivity index (χ3n) is 4.16. The Morgan fingerprint density at radius 2 is 1.35 bits per heavy atom. The van der Waals surface area contributed by atoms with Crippen LogP contribution in [-0.2, 0) is 26.9 Å². The quantitative estimate of drug-likeness (QED) is 0.0574. The first-order valence-electron chi connectivity index (χ1n) is 9.98. The Kier molecular flexibility index (Phi) is 11.6. The van der Waals surface area contributed by atoms with Gasteiger partial charge in [0.25, 0.3) is 0 Å². The summed E-state index contributed by atoms with van der Waals surface area (Å²) in [7, 11) is -12.2. The van der Waals surface area contributed by atoms with Crippen LogP contribution in [0.25, 0.3) is 0 Å². The molecular formula is C19H25F6IO6S2. The van der Waals surface area contributed by atoms with Crippen molar-refractivity contribution in [1.82, 2.24) is 0 Å². The molecule has 0 aliphatic rings. The summed E-state index contributed by atoms with van der Waals surface area (Å²) in [6, 6.07) is 5.42. The van der Waals surface area contributed by atoms with E-state index in [4.69, 9.17) is 0 Å². The molecule has 198 valence electrons. The van der Waals surface area contributed by atoms with Crippen molar-refractivity contribution >= 4 is 40.5 Å². The minimum atomic E-state index is -6.13. The molecule has 0 heterocycles. The molecule has 1 aromatic rings. The Labute approximate surface area is 202 Å². The third kappa shape index (κ3) is 9.89. The maximum absolute atomic E-state index is 12.9. The molecule has 0 spiro atoms. The van der Waals surface area contributed by atoms with Gasteiger partial charge in [0.05, 0.1) is 0 Å². The van der Waals surface area contributed by atoms with E-state index in [0.29, 0.717) is 22.5 Å². The molecule has 1 aromatic carbocycles. The SMILES string of the molecule is CCCCCCCC/C(=C\I(OS(=O)(=O)C(F)(F)F)c1ccc(C)cc1)OS(=O)(=O)C(F)(F)F.